The zero-order valence-electron chi connectivity index (χ0n) is 15.2. The zero-order valence-corrected chi connectivity index (χ0v) is 15.2. The SMILES string of the molecule is COCC(=O)N(Cc1ccc(F)cc1)CC1CC(c2ccc(F)cc2F)=NO1. The monoisotopic (exact) mass is 392 g/mol. The molecule has 0 fully saturated rings. The molecule has 3 rings (SSSR count). The van der Waals surface area contributed by atoms with Crippen LogP contribution in [0.25, 0.3) is 0 Å². The van der Waals surface area contributed by atoms with E-state index in [1.807, 2.05) is 0 Å². The molecule has 1 aliphatic rings. The minimum atomic E-state index is -0.721. The van der Waals surface area contributed by atoms with Gasteiger partial charge in [0.15, 0.2) is 6.10 Å². The highest BCUT2D eigenvalue weighted by atomic mass is 19.1. The number of hydrogen-bond acceptors (Lipinski definition) is 4. The molecule has 0 radical (unpaired) electrons. The molecular formula is C20H19F3N2O3. The van der Waals surface area contributed by atoms with Crippen LogP contribution < -0.4 is 0 Å². The van der Waals surface area contributed by atoms with E-state index < -0.39 is 17.7 Å². The van der Waals surface area contributed by atoms with E-state index in [0.29, 0.717) is 5.71 Å². The van der Waals surface area contributed by atoms with E-state index in [2.05, 4.69) is 5.16 Å². The minimum absolute atomic E-state index is 0.117. The number of nitrogens with zero attached hydrogens (tertiary/aromatic N) is 2. The van der Waals surface area contributed by atoms with Gasteiger partial charge in [-0.05, 0) is 29.8 Å². The van der Waals surface area contributed by atoms with Crippen LogP contribution in [0.4, 0.5) is 13.2 Å². The van der Waals surface area contributed by atoms with E-state index in [-0.39, 0.29) is 43.4 Å². The van der Waals surface area contributed by atoms with Gasteiger partial charge in [0.1, 0.15) is 24.1 Å². The summed E-state index contributed by atoms with van der Waals surface area (Å²) in [5.41, 5.74) is 1.26. The van der Waals surface area contributed by atoms with Crippen LogP contribution in [0.3, 0.4) is 0 Å². The number of amides is 1. The maximum atomic E-state index is 14.0. The number of carbonyl (C=O) groups excluding carboxylic acids is 1. The summed E-state index contributed by atoms with van der Waals surface area (Å²) in [7, 11) is 1.42. The fraction of sp³-hybridized carbons (Fsp3) is 0.300. The van der Waals surface area contributed by atoms with Crippen molar-refractivity contribution in [3.63, 3.8) is 0 Å². The summed E-state index contributed by atoms with van der Waals surface area (Å²) in [6.07, 6.45) is -0.219. The molecule has 1 heterocycles. The number of benzene rings is 2. The average molecular weight is 392 g/mol. The Morgan fingerprint density at radius 3 is 2.57 bits per heavy atom. The molecule has 1 unspecified atom stereocenters. The average Bonchev–Trinajstić information content (AvgIpc) is 3.11. The molecule has 2 aromatic carbocycles. The van der Waals surface area contributed by atoms with Gasteiger partial charge in [-0.25, -0.2) is 13.2 Å². The fourth-order valence-electron chi connectivity index (χ4n) is 2.93. The van der Waals surface area contributed by atoms with Crippen LogP contribution in [0, 0.1) is 17.5 Å². The van der Waals surface area contributed by atoms with Crippen molar-refractivity contribution in [1.82, 2.24) is 4.90 Å². The smallest absolute Gasteiger partial charge is 0.248 e. The first kappa shape index (κ1) is 19.9. The first-order valence-corrected chi connectivity index (χ1v) is 8.65. The largest absolute Gasteiger partial charge is 0.390 e. The van der Waals surface area contributed by atoms with Crippen LogP contribution in [0.15, 0.2) is 47.6 Å². The van der Waals surface area contributed by atoms with Crippen LogP contribution >= 0.6 is 0 Å². The van der Waals surface area contributed by atoms with Crippen molar-refractivity contribution in [2.45, 2.75) is 19.1 Å². The number of ether oxygens (including phenoxy) is 1. The van der Waals surface area contributed by atoms with Gasteiger partial charge in [0, 0.05) is 31.7 Å². The summed E-state index contributed by atoms with van der Waals surface area (Å²) in [6.45, 7) is 0.312. The Hall–Kier alpha value is -2.87. The fourth-order valence-corrected chi connectivity index (χ4v) is 2.93. The molecule has 0 bridgehead atoms. The third-order valence-electron chi connectivity index (χ3n) is 4.31. The van der Waals surface area contributed by atoms with E-state index in [4.69, 9.17) is 9.57 Å². The Labute approximate surface area is 160 Å². The third kappa shape index (κ3) is 4.89. The summed E-state index contributed by atoms with van der Waals surface area (Å²) in [5.74, 6) is -2.02. The van der Waals surface area contributed by atoms with E-state index in [0.717, 1.165) is 17.7 Å². The number of oxime groups is 1. The molecule has 0 aromatic heterocycles. The summed E-state index contributed by atoms with van der Waals surface area (Å²) < 4.78 is 45.1. The molecule has 5 nitrogen and oxygen atoms in total. The van der Waals surface area contributed by atoms with Crippen molar-refractivity contribution >= 4 is 11.6 Å². The Morgan fingerprint density at radius 1 is 1.18 bits per heavy atom. The molecule has 0 N–H and O–H groups in total. The van der Waals surface area contributed by atoms with Gasteiger partial charge in [-0.3, -0.25) is 4.79 Å². The molecule has 1 atom stereocenters. The van der Waals surface area contributed by atoms with Crippen molar-refractivity contribution in [3.05, 3.63) is 71.0 Å². The number of hydrogen-bond donors (Lipinski definition) is 0. The van der Waals surface area contributed by atoms with Gasteiger partial charge < -0.3 is 14.5 Å². The van der Waals surface area contributed by atoms with Crippen LogP contribution in [0.1, 0.15) is 17.5 Å². The predicted octanol–water partition coefficient (Wildman–Crippen LogP) is 3.27. The second kappa shape index (κ2) is 8.88. The first-order valence-electron chi connectivity index (χ1n) is 8.65. The number of methoxy groups -OCH3 is 1. The summed E-state index contributed by atoms with van der Waals surface area (Å²) in [4.78, 5) is 19.2. The van der Waals surface area contributed by atoms with E-state index in [1.165, 1.54) is 30.2 Å². The predicted molar refractivity (Wildman–Crippen MR) is 96.1 cm³/mol. The highest BCUT2D eigenvalue weighted by Crippen LogP contribution is 2.21. The van der Waals surface area contributed by atoms with Crippen LogP contribution in [0.2, 0.25) is 0 Å². The Balaban J connectivity index is 1.67. The lowest BCUT2D eigenvalue weighted by Gasteiger charge is -2.24. The normalized spacial score (nSPS) is 15.9. The molecule has 0 saturated carbocycles. The lowest BCUT2D eigenvalue weighted by atomic mass is 10.0. The molecular weight excluding hydrogens is 373 g/mol. The van der Waals surface area contributed by atoms with E-state index in [9.17, 15) is 18.0 Å². The molecule has 1 aliphatic heterocycles. The van der Waals surface area contributed by atoms with E-state index >= 15 is 0 Å². The van der Waals surface area contributed by atoms with Gasteiger partial charge in [0.25, 0.3) is 0 Å². The molecule has 0 spiro atoms. The van der Waals surface area contributed by atoms with E-state index in [1.54, 1.807) is 12.1 Å². The van der Waals surface area contributed by atoms with Crippen molar-refractivity contribution < 1.29 is 27.5 Å². The standard InChI is InChI=1S/C20H19F3N2O3/c1-27-12-20(26)25(10-13-2-4-14(21)5-3-13)11-16-9-19(24-28-16)17-7-6-15(22)8-18(17)23/h2-8,16H,9-12H2,1H3. The van der Waals surface area contributed by atoms with Crippen LogP contribution in [-0.4, -0.2) is 42.9 Å². The molecule has 8 heteroatoms. The maximum Gasteiger partial charge on any atom is 0.248 e. The first-order chi connectivity index (χ1) is 13.5. The topological polar surface area (TPSA) is 51.1 Å². The highest BCUT2D eigenvalue weighted by molar-refractivity contribution is 6.01. The maximum absolute atomic E-state index is 14.0. The Kier molecular flexibility index (Phi) is 6.30. The molecule has 2 aromatic rings. The van der Waals surface area contributed by atoms with Gasteiger partial charge in [-0.15, -0.1) is 0 Å². The number of halogens is 3. The minimum Gasteiger partial charge on any atom is -0.390 e. The van der Waals surface area contributed by atoms with Gasteiger partial charge in [-0.2, -0.15) is 0 Å². The molecule has 1 amide bonds. The lowest BCUT2D eigenvalue weighted by molar-refractivity contribution is -0.137. The van der Waals surface area contributed by atoms with Crippen LogP contribution in [-0.2, 0) is 20.9 Å². The molecule has 28 heavy (non-hydrogen) atoms. The number of rotatable bonds is 7. The van der Waals surface area contributed by atoms with Gasteiger partial charge in [0.05, 0.1) is 12.3 Å². The Bertz CT molecular complexity index is 871. The zero-order chi connectivity index (χ0) is 20.1. The van der Waals surface area contributed by atoms with Crippen molar-refractivity contribution in [2.24, 2.45) is 5.16 Å². The molecule has 148 valence electrons. The Morgan fingerprint density at radius 2 is 1.89 bits per heavy atom. The van der Waals surface area contributed by atoms with Crippen molar-refractivity contribution in [1.29, 1.82) is 0 Å². The second-order valence-corrected chi connectivity index (χ2v) is 6.43. The van der Waals surface area contributed by atoms with Crippen molar-refractivity contribution in [3.8, 4) is 0 Å². The van der Waals surface area contributed by atoms with Crippen LogP contribution in [0.5, 0.6) is 0 Å². The van der Waals surface area contributed by atoms with Crippen molar-refractivity contribution in [2.75, 3.05) is 20.3 Å². The quantitative estimate of drug-likeness (QED) is 0.727. The molecule has 0 aliphatic carbocycles. The van der Waals surface area contributed by atoms with Gasteiger partial charge in [-0.1, -0.05) is 17.3 Å². The number of carbonyl (C=O) groups is 1. The molecule has 0 saturated heterocycles. The summed E-state index contributed by atoms with van der Waals surface area (Å²) in [5, 5.41) is 3.89. The third-order valence-corrected chi connectivity index (χ3v) is 4.31. The van der Waals surface area contributed by atoms with Gasteiger partial charge >= 0.3 is 0 Å². The lowest BCUT2D eigenvalue weighted by Crippen LogP contribution is -2.39. The summed E-state index contributed by atoms with van der Waals surface area (Å²) in [6, 6.07) is 9.06. The van der Waals surface area contributed by atoms with Gasteiger partial charge in [0.2, 0.25) is 5.91 Å². The highest BCUT2D eigenvalue weighted by Gasteiger charge is 2.28. The summed E-state index contributed by atoms with van der Waals surface area (Å²) >= 11 is 0. The second-order valence-electron chi connectivity index (χ2n) is 6.43.